The highest BCUT2D eigenvalue weighted by Crippen LogP contribution is 2.31. The van der Waals surface area contributed by atoms with Crippen LogP contribution >= 0.6 is 0 Å². The minimum absolute atomic E-state index is 0.276. The number of rotatable bonds is 9. The van der Waals surface area contributed by atoms with Crippen molar-refractivity contribution in [3.05, 3.63) is 71.8 Å². The molecule has 3 aromatic carbocycles. The number of urea groups is 1. The van der Waals surface area contributed by atoms with Crippen molar-refractivity contribution in [1.82, 2.24) is 15.1 Å². The molecule has 1 fully saturated rings. The number of hydrogen-bond donors (Lipinski definition) is 1. The van der Waals surface area contributed by atoms with E-state index in [1.165, 1.54) is 4.90 Å². The number of nitrogens with one attached hydrogen (secondary N) is 1. The minimum atomic E-state index is -1.26. The Labute approximate surface area is 210 Å². The quantitative estimate of drug-likeness (QED) is 0.458. The number of ether oxygens (including phenoxy) is 2. The summed E-state index contributed by atoms with van der Waals surface area (Å²) in [6, 6.07) is 18.2. The molecule has 4 rings (SSSR count). The molecule has 1 aliphatic rings. The Morgan fingerprint density at radius 3 is 2.47 bits per heavy atom. The molecule has 1 atom stereocenters. The van der Waals surface area contributed by atoms with Gasteiger partial charge in [-0.2, -0.15) is 0 Å². The number of imide groups is 1. The van der Waals surface area contributed by atoms with Crippen LogP contribution in [0.1, 0.15) is 31.4 Å². The summed E-state index contributed by atoms with van der Waals surface area (Å²) < 4.78 is 11.1. The number of carbonyl (C=O) groups excluding carboxylic acids is 3. The summed E-state index contributed by atoms with van der Waals surface area (Å²) in [6.07, 6.45) is 0.861. The topological polar surface area (TPSA) is 88.2 Å². The van der Waals surface area contributed by atoms with Crippen LogP contribution in [0.15, 0.2) is 60.7 Å². The smallest absolute Gasteiger partial charge is 0.325 e. The highest BCUT2D eigenvalue weighted by atomic mass is 16.5. The highest BCUT2D eigenvalue weighted by molar-refractivity contribution is 6.09. The number of fused-ring (bicyclic) bond motifs is 1. The molecule has 0 radical (unpaired) electrons. The Bertz CT molecular complexity index is 1290. The molecule has 0 saturated carbocycles. The minimum Gasteiger partial charge on any atom is -0.497 e. The lowest BCUT2D eigenvalue weighted by atomic mass is 9.92. The molecule has 1 heterocycles. The maximum Gasteiger partial charge on any atom is 0.325 e. The first-order valence-corrected chi connectivity index (χ1v) is 11.9. The molecule has 1 unspecified atom stereocenters. The van der Waals surface area contributed by atoms with E-state index in [4.69, 9.17) is 9.47 Å². The molecule has 36 heavy (non-hydrogen) atoms. The highest BCUT2D eigenvalue weighted by Gasteiger charge is 2.49. The van der Waals surface area contributed by atoms with Gasteiger partial charge in [-0.25, -0.2) is 4.79 Å². The first-order valence-electron chi connectivity index (χ1n) is 11.9. The van der Waals surface area contributed by atoms with Gasteiger partial charge in [0.05, 0.1) is 13.7 Å². The average molecular weight is 490 g/mol. The summed E-state index contributed by atoms with van der Waals surface area (Å²) in [7, 11) is 3.22. The van der Waals surface area contributed by atoms with E-state index in [0.717, 1.165) is 33.4 Å². The lowest BCUT2D eigenvalue weighted by Gasteiger charge is -2.24. The van der Waals surface area contributed by atoms with E-state index in [0.29, 0.717) is 17.9 Å². The second-order valence-electron chi connectivity index (χ2n) is 9.04. The van der Waals surface area contributed by atoms with E-state index >= 15 is 0 Å². The summed E-state index contributed by atoms with van der Waals surface area (Å²) in [4.78, 5) is 41.7. The van der Waals surface area contributed by atoms with Crippen molar-refractivity contribution >= 4 is 28.6 Å². The van der Waals surface area contributed by atoms with E-state index in [1.54, 1.807) is 45.3 Å². The van der Waals surface area contributed by atoms with Crippen molar-refractivity contribution in [3.8, 4) is 11.5 Å². The zero-order chi connectivity index (χ0) is 25.9. The number of likely N-dealkylation sites (N-methyl/N-ethyl adjacent to an activating group) is 1. The first-order chi connectivity index (χ1) is 17.3. The van der Waals surface area contributed by atoms with Crippen LogP contribution in [-0.2, 0) is 21.7 Å². The summed E-state index contributed by atoms with van der Waals surface area (Å²) >= 11 is 0. The number of amides is 4. The average Bonchev–Trinajstić information content (AvgIpc) is 3.11. The van der Waals surface area contributed by atoms with Gasteiger partial charge in [0.25, 0.3) is 5.91 Å². The Kier molecular flexibility index (Phi) is 7.15. The van der Waals surface area contributed by atoms with Crippen LogP contribution in [0.2, 0.25) is 0 Å². The van der Waals surface area contributed by atoms with Gasteiger partial charge in [-0.05, 0) is 47.9 Å². The zero-order valence-electron chi connectivity index (χ0n) is 21.0. The van der Waals surface area contributed by atoms with Crippen LogP contribution < -0.4 is 14.8 Å². The fraction of sp³-hybridized carbons (Fsp3) is 0.321. The number of carbonyl (C=O) groups is 3. The zero-order valence-corrected chi connectivity index (χ0v) is 21.0. The predicted octanol–water partition coefficient (Wildman–Crippen LogP) is 4.06. The lowest BCUT2D eigenvalue weighted by Crippen LogP contribution is -2.43. The van der Waals surface area contributed by atoms with Gasteiger partial charge in [-0.15, -0.1) is 0 Å². The third kappa shape index (κ3) is 4.71. The van der Waals surface area contributed by atoms with Gasteiger partial charge in [-0.1, -0.05) is 49.4 Å². The fourth-order valence-corrected chi connectivity index (χ4v) is 4.37. The van der Waals surface area contributed by atoms with E-state index in [2.05, 4.69) is 5.32 Å². The number of nitrogens with zero attached hydrogens (tertiary/aromatic N) is 2. The van der Waals surface area contributed by atoms with Gasteiger partial charge in [0.1, 0.15) is 23.6 Å². The number of methoxy groups -OCH3 is 1. The monoisotopic (exact) mass is 489 g/mol. The standard InChI is InChI=1S/C28H31N3O5/c1-5-16-36-24-15-10-19-8-6-7-9-22(19)23(24)17-30(3)25(32)18-31-26(33)28(2,29-27(31)34)20-11-13-21(35-4)14-12-20/h6-15H,5,16-18H2,1-4H3,(H,29,34). The van der Waals surface area contributed by atoms with Gasteiger partial charge >= 0.3 is 6.03 Å². The third-order valence-electron chi connectivity index (χ3n) is 6.52. The van der Waals surface area contributed by atoms with Crippen molar-refractivity contribution < 1.29 is 23.9 Å². The molecule has 1 N–H and O–H groups in total. The SMILES string of the molecule is CCCOc1ccc2ccccc2c1CN(C)C(=O)CN1C(=O)NC(C)(c2ccc(OC)cc2)C1=O. The van der Waals surface area contributed by atoms with Crippen LogP contribution in [0.25, 0.3) is 10.8 Å². The number of benzene rings is 3. The lowest BCUT2D eigenvalue weighted by molar-refractivity contribution is -0.138. The normalized spacial score (nSPS) is 17.3. The molecular weight excluding hydrogens is 458 g/mol. The Hall–Kier alpha value is -4.07. The van der Waals surface area contributed by atoms with Crippen molar-refractivity contribution in [2.45, 2.75) is 32.4 Å². The van der Waals surface area contributed by atoms with Crippen LogP contribution in [-0.4, -0.2) is 55.0 Å². The maximum absolute atomic E-state index is 13.3. The second-order valence-corrected chi connectivity index (χ2v) is 9.04. The molecule has 0 aromatic heterocycles. The third-order valence-corrected chi connectivity index (χ3v) is 6.52. The molecule has 8 heteroatoms. The van der Waals surface area contributed by atoms with Gasteiger partial charge in [0.15, 0.2) is 0 Å². The molecule has 1 saturated heterocycles. The van der Waals surface area contributed by atoms with Crippen LogP contribution in [0.4, 0.5) is 4.79 Å². The van der Waals surface area contributed by atoms with Crippen LogP contribution in [0.5, 0.6) is 11.5 Å². The van der Waals surface area contributed by atoms with Crippen LogP contribution in [0.3, 0.4) is 0 Å². The molecule has 3 aromatic rings. The van der Waals surface area contributed by atoms with Crippen molar-refractivity contribution in [3.63, 3.8) is 0 Å². The summed E-state index contributed by atoms with van der Waals surface area (Å²) in [6.45, 7) is 4.15. The summed E-state index contributed by atoms with van der Waals surface area (Å²) in [5.41, 5.74) is 0.232. The second kappa shape index (κ2) is 10.3. The first kappa shape index (κ1) is 25.0. The van der Waals surface area contributed by atoms with Crippen molar-refractivity contribution in [2.24, 2.45) is 0 Å². The molecule has 8 nitrogen and oxygen atoms in total. The Morgan fingerprint density at radius 2 is 1.78 bits per heavy atom. The van der Waals surface area contributed by atoms with E-state index in [1.807, 2.05) is 43.3 Å². The summed E-state index contributed by atoms with van der Waals surface area (Å²) in [5, 5.41) is 4.78. The molecule has 0 aliphatic carbocycles. The molecule has 0 bridgehead atoms. The fourth-order valence-electron chi connectivity index (χ4n) is 4.37. The summed E-state index contributed by atoms with van der Waals surface area (Å²) in [5.74, 6) is 0.532. The Morgan fingerprint density at radius 1 is 1.06 bits per heavy atom. The van der Waals surface area contributed by atoms with Crippen LogP contribution in [0, 0.1) is 0 Å². The molecule has 1 aliphatic heterocycles. The van der Waals surface area contributed by atoms with E-state index in [9.17, 15) is 14.4 Å². The molecule has 4 amide bonds. The maximum atomic E-state index is 13.3. The molecule has 188 valence electrons. The van der Waals surface area contributed by atoms with Gasteiger partial charge < -0.3 is 19.7 Å². The molecular formula is C28H31N3O5. The van der Waals surface area contributed by atoms with Gasteiger partial charge in [0, 0.05) is 19.2 Å². The van der Waals surface area contributed by atoms with E-state index in [-0.39, 0.29) is 19.0 Å². The Balaban J connectivity index is 1.52. The number of hydrogen-bond acceptors (Lipinski definition) is 5. The predicted molar refractivity (Wildman–Crippen MR) is 137 cm³/mol. The molecule has 0 spiro atoms. The van der Waals surface area contributed by atoms with Crippen molar-refractivity contribution in [2.75, 3.05) is 27.3 Å². The van der Waals surface area contributed by atoms with Crippen molar-refractivity contribution in [1.29, 1.82) is 0 Å². The van der Waals surface area contributed by atoms with Gasteiger partial charge in [-0.3, -0.25) is 14.5 Å². The van der Waals surface area contributed by atoms with E-state index < -0.39 is 17.5 Å². The largest absolute Gasteiger partial charge is 0.497 e. The van der Waals surface area contributed by atoms with Gasteiger partial charge in [0.2, 0.25) is 5.91 Å².